The van der Waals surface area contributed by atoms with Gasteiger partial charge >= 0.3 is 17.9 Å². The number of carbonyl (C=O) groups is 3. The maximum Gasteiger partial charge on any atom is 0.336 e. The summed E-state index contributed by atoms with van der Waals surface area (Å²) < 4.78 is 18.7. The van der Waals surface area contributed by atoms with Gasteiger partial charge in [-0.05, 0) is 78.6 Å². The van der Waals surface area contributed by atoms with Gasteiger partial charge in [0, 0.05) is 30.4 Å². The first-order chi connectivity index (χ1) is 25.6. The van der Waals surface area contributed by atoms with Crippen LogP contribution in [0, 0.1) is 11.8 Å². The number of aromatic hydroxyl groups is 4. The normalized spacial score (nSPS) is 30.0. The Morgan fingerprint density at radius 2 is 1.48 bits per heavy atom. The van der Waals surface area contributed by atoms with Crippen LogP contribution < -0.4 is 5.32 Å². The Kier molecular flexibility index (Phi) is 10.1. The minimum Gasteiger partial charge on any atom is -0.504 e. The van der Waals surface area contributed by atoms with E-state index >= 15 is 0 Å². The van der Waals surface area contributed by atoms with E-state index in [2.05, 4.69) is 5.32 Å². The van der Waals surface area contributed by atoms with Crippen molar-refractivity contribution in [2.45, 2.75) is 54.8 Å². The number of ether oxygens (including phenoxy) is 3. The van der Waals surface area contributed by atoms with Gasteiger partial charge in [0.1, 0.15) is 5.60 Å². The van der Waals surface area contributed by atoms with Crippen LogP contribution >= 0.6 is 0 Å². The van der Waals surface area contributed by atoms with Gasteiger partial charge in [0.05, 0.1) is 6.61 Å². The highest BCUT2D eigenvalue weighted by molar-refractivity contribution is 5.89. The van der Waals surface area contributed by atoms with Gasteiger partial charge in [-0.3, -0.25) is 5.32 Å². The van der Waals surface area contributed by atoms with Crippen molar-refractivity contribution in [1.29, 1.82) is 0 Å². The molecular formula is C40H41NO13. The molecule has 1 saturated heterocycles. The molecule has 3 aromatic rings. The smallest absolute Gasteiger partial charge is 0.336 e. The summed E-state index contributed by atoms with van der Waals surface area (Å²) in [6, 6.07) is 14.8. The van der Waals surface area contributed by atoms with Gasteiger partial charge in [-0.15, -0.1) is 0 Å². The Morgan fingerprint density at radius 1 is 0.870 bits per heavy atom. The summed E-state index contributed by atoms with van der Waals surface area (Å²) in [6.45, 7) is 1.73. The van der Waals surface area contributed by atoms with Crippen molar-refractivity contribution in [3.8, 4) is 23.0 Å². The Morgan fingerprint density at radius 3 is 2.02 bits per heavy atom. The number of hydrogen-bond donors (Lipinski definition) is 8. The number of aliphatic hydroxyl groups is 2. The lowest BCUT2D eigenvalue weighted by Gasteiger charge is -2.68. The van der Waals surface area contributed by atoms with Crippen LogP contribution in [0.1, 0.15) is 35.6 Å². The van der Waals surface area contributed by atoms with E-state index in [4.69, 9.17) is 14.2 Å². The number of benzene rings is 3. The van der Waals surface area contributed by atoms with Crippen LogP contribution in [0.5, 0.6) is 23.0 Å². The first kappa shape index (κ1) is 38.1. The Labute approximate surface area is 309 Å². The van der Waals surface area contributed by atoms with Crippen molar-refractivity contribution >= 4 is 30.1 Å². The molecule has 0 aromatic heterocycles. The van der Waals surface area contributed by atoms with Crippen molar-refractivity contribution in [2.24, 2.45) is 11.8 Å². The average Bonchev–Trinajstić information content (AvgIpc) is 3.15. The molecule has 4 aliphatic rings. The van der Waals surface area contributed by atoms with Crippen LogP contribution in [0.3, 0.4) is 0 Å². The Balaban J connectivity index is 1.53. The minimum atomic E-state index is -2.70. The zero-order valence-electron chi connectivity index (χ0n) is 29.4. The molecule has 14 heteroatoms. The number of aryl methyl sites for hydroxylation is 1. The number of carboxylic acid groups (broad SMARTS) is 1. The molecule has 54 heavy (non-hydrogen) atoms. The number of likely N-dealkylation sites (N-methyl/N-ethyl adjacent to an activating group) is 1. The number of esters is 2. The molecule has 8 N–H and O–H groups in total. The van der Waals surface area contributed by atoms with Crippen LogP contribution in [-0.4, -0.2) is 95.9 Å². The molecule has 14 nitrogen and oxygen atoms in total. The van der Waals surface area contributed by atoms with E-state index in [1.54, 1.807) is 18.2 Å². The van der Waals surface area contributed by atoms with E-state index in [-0.39, 0.29) is 29.9 Å². The summed E-state index contributed by atoms with van der Waals surface area (Å²) in [6.07, 6.45) is 5.18. The van der Waals surface area contributed by atoms with Crippen molar-refractivity contribution in [3.63, 3.8) is 0 Å². The second-order valence-corrected chi connectivity index (χ2v) is 13.7. The number of hydrogen-bond acceptors (Lipinski definition) is 13. The standard InChI is InChI=1S/C40H41NO13/c1-3-23-5-4-6-26(17-23)18-28-35(53-33(46)13-9-24-7-11-29(42)31(44)19-24)39(54-34(47)14-10-25-8-12-30(43)32(45)20-25)37(22-38(28,50)36(48)49)16-15-27(21-52-37)40(39,51)41-2/h4-17,19-20,27-28,35,41-45,50-51H,3,18,21-22H2,1-2H3,(H,48,49). The molecule has 284 valence electrons. The van der Waals surface area contributed by atoms with Gasteiger partial charge in [-0.25, -0.2) is 14.4 Å². The molecule has 7 rings (SSSR count). The van der Waals surface area contributed by atoms with Crippen molar-refractivity contribution in [3.05, 3.63) is 107 Å². The number of rotatable bonds is 11. The fourth-order valence-electron chi connectivity index (χ4n) is 7.94. The van der Waals surface area contributed by atoms with E-state index in [0.29, 0.717) is 12.0 Å². The quantitative estimate of drug-likeness (QED) is 0.0464. The molecule has 2 bridgehead atoms. The second kappa shape index (κ2) is 14.3. The highest BCUT2D eigenvalue weighted by Gasteiger charge is 2.83. The summed E-state index contributed by atoms with van der Waals surface area (Å²) in [5, 5.41) is 78.0. The maximum absolute atomic E-state index is 14.0. The van der Waals surface area contributed by atoms with Crippen LogP contribution in [0.2, 0.25) is 0 Å². The number of carbonyl (C=O) groups excluding carboxylic acids is 2. The first-order valence-electron chi connectivity index (χ1n) is 17.2. The maximum atomic E-state index is 14.0. The van der Waals surface area contributed by atoms with Gasteiger partial charge in [0.2, 0.25) is 5.60 Å². The third kappa shape index (κ3) is 6.36. The summed E-state index contributed by atoms with van der Waals surface area (Å²) in [4.78, 5) is 41.1. The zero-order chi connectivity index (χ0) is 39.1. The van der Waals surface area contributed by atoms with E-state index in [9.17, 15) is 50.1 Å². The summed E-state index contributed by atoms with van der Waals surface area (Å²) in [5.41, 5.74) is -7.52. The van der Waals surface area contributed by atoms with Crippen LogP contribution in [-0.2, 0) is 41.4 Å². The molecular weight excluding hydrogens is 702 g/mol. The van der Waals surface area contributed by atoms with Gasteiger partial charge in [0.25, 0.3) is 0 Å². The number of carboxylic acids is 1. The third-order valence-electron chi connectivity index (χ3n) is 10.7. The highest BCUT2D eigenvalue weighted by Crippen LogP contribution is 2.62. The molecule has 2 aliphatic carbocycles. The summed E-state index contributed by atoms with van der Waals surface area (Å²) >= 11 is 0. The molecule has 1 spiro atoms. The SMILES string of the molecule is CCc1cccc(CC2C(OC(=O)C=Cc3ccc(O)c(O)c3)C3(OC(=O)C=Cc4ccc(O)c(O)c4)C4(C=CC(CO4)C3(O)NC)CC2(O)C(=O)O)c1. The average molecular weight is 744 g/mol. The fourth-order valence-corrected chi connectivity index (χ4v) is 7.94. The zero-order valence-corrected chi connectivity index (χ0v) is 29.4. The third-order valence-corrected chi connectivity index (χ3v) is 10.7. The molecule has 0 radical (unpaired) electrons. The largest absolute Gasteiger partial charge is 0.504 e. The van der Waals surface area contributed by atoms with Crippen molar-refractivity contribution < 1.29 is 64.3 Å². The number of fused-ring (bicyclic) bond motifs is 1. The minimum absolute atomic E-state index is 0.195. The Hall–Kier alpha value is -5.67. The molecule has 2 aliphatic heterocycles. The molecule has 3 aromatic carbocycles. The van der Waals surface area contributed by atoms with Crippen molar-refractivity contribution in [2.75, 3.05) is 13.7 Å². The van der Waals surface area contributed by atoms with E-state index in [0.717, 1.165) is 17.7 Å². The summed E-state index contributed by atoms with van der Waals surface area (Å²) in [7, 11) is 1.39. The fraction of sp³-hybridized carbons (Fsp3) is 0.325. The molecule has 1 saturated carbocycles. The van der Waals surface area contributed by atoms with Crippen LogP contribution in [0.25, 0.3) is 12.2 Å². The van der Waals surface area contributed by atoms with Crippen LogP contribution in [0.4, 0.5) is 0 Å². The number of phenolic OH excluding ortho intramolecular Hbond substituents is 4. The molecule has 7 atom stereocenters. The predicted molar refractivity (Wildman–Crippen MR) is 192 cm³/mol. The number of nitrogens with one attached hydrogen (secondary N) is 1. The lowest BCUT2D eigenvalue weighted by Crippen LogP contribution is -2.90. The Bertz CT molecular complexity index is 2060. The number of aliphatic carboxylic acids is 1. The number of phenols is 4. The molecule has 2 fully saturated rings. The lowest BCUT2D eigenvalue weighted by atomic mass is 9.49. The monoisotopic (exact) mass is 743 g/mol. The molecule has 7 unspecified atom stereocenters. The van der Waals surface area contributed by atoms with Gasteiger partial charge < -0.3 is 50.0 Å². The molecule has 2 heterocycles. The topological polar surface area (TPSA) is 233 Å². The van der Waals surface area contributed by atoms with Crippen molar-refractivity contribution in [1.82, 2.24) is 5.32 Å². The van der Waals surface area contributed by atoms with Crippen LogP contribution in [0.15, 0.2) is 85.0 Å². The second-order valence-electron chi connectivity index (χ2n) is 13.7. The molecule has 0 amide bonds. The first-order valence-corrected chi connectivity index (χ1v) is 17.2. The lowest BCUT2D eigenvalue weighted by molar-refractivity contribution is -0.377. The van der Waals surface area contributed by atoms with Gasteiger partial charge in [-0.1, -0.05) is 55.5 Å². The van der Waals surface area contributed by atoms with Gasteiger partial charge in [0.15, 0.2) is 40.4 Å². The predicted octanol–water partition coefficient (Wildman–Crippen LogP) is 2.93. The van der Waals surface area contributed by atoms with E-state index in [1.807, 2.05) is 19.1 Å². The van der Waals surface area contributed by atoms with Gasteiger partial charge in [-0.2, -0.15) is 0 Å². The van der Waals surface area contributed by atoms with E-state index in [1.165, 1.54) is 61.7 Å². The summed E-state index contributed by atoms with van der Waals surface area (Å²) in [5.74, 6) is -8.07. The van der Waals surface area contributed by atoms with E-state index < -0.39 is 82.0 Å². The highest BCUT2D eigenvalue weighted by atomic mass is 16.6.